The van der Waals surface area contributed by atoms with Crippen molar-refractivity contribution < 1.29 is 17.9 Å². The Labute approximate surface area is 91.6 Å². The molecule has 1 N–H and O–H groups in total. The summed E-state index contributed by atoms with van der Waals surface area (Å²) in [6, 6.07) is 4.23. The van der Waals surface area contributed by atoms with Gasteiger partial charge in [-0.05, 0) is 30.2 Å². The summed E-state index contributed by atoms with van der Waals surface area (Å²) in [5.74, 6) is -1.15. The minimum Gasteiger partial charge on any atom is -0.497 e. The zero-order valence-electron chi connectivity index (χ0n) is 8.93. The van der Waals surface area contributed by atoms with Crippen LogP contribution in [0.4, 0.5) is 13.2 Å². The van der Waals surface area contributed by atoms with E-state index in [2.05, 4.69) is 0 Å². The molecule has 0 saturated carbocycles. The predicted octanol–water partition coefficient (Wildman–Crippen LogP) is 3.36. The maximum Gasteiger partial charge on any atom is 0.395 e. The number of hydrogen-bond donors (Lipinski definition) is 1. The molecule has 1 aromatic rings. The lowest BCUT2D eigenvalue weighted by atomic mass is 9.95. The Kier molecular flexibility index (Phi) is 3.57. The zero-order valence-corrected chi connectivity index (χ0v) is 8.93. The van der Waals surface area contributed by atoms with Crippen molar-refractivity contribution in [2.24, 2.45) is 0 Å². The van der Waals surface area contributed by atoms with Crippen LogP contribution in [0.3, 0.4) is 0 Å². The Morgan fingerprint density at radius 2 is 2.00 bits per heavy atom. The van der Waals surface area contributed by atoms with Gasteiger partial charge in [0, 0.05) is 6.21 Å². The van der Waals surface area contributed by atoms with Crippen LogP contribution in [0, 0.1) is 5.41 Å². The minimum absolute atomic E-state index is 0.0864. The highest BCUT2D eigenvalue weighted by Gasteiger charge is 2.37. The number of halogens is 3. The topological polar surface area (TPSA) is 33.1 Å². The van der Waals surface area contributed by atoms with E-state index >= 15 is 0 Å². The van der Waals surface area contributed by atoms with E-state index in [4.69, 9.17) is 10.1 Å². The van der Waals surface area contributed by atoms with Crippen LogP contribution in [0.1, 0.15) is 24.0 Å². The van der Waals surface area contributed by atoms with Gasteiger partial charge in [0.2, 0.25) is 0 Å². The SMILES string of the molecule is COc1ccc(C(C)C(F)(F)F)c(C=N)c1. The van der Waals surface area contributed by atoms with Crippen LogP contribution in [0.15, 0.2) is 18.2 Å². The van der Waals surface area contributed by atoms with Crippen LogP contribution in [0.25, 0.3) is 0 Å². The Hall–Kier alpha value is -1.52. The lowest BCUT2D eigenvalue weighted by molar-refractivity contribution is -0.146. The second kappa shape index (κ2) is 4.55. The van der Waals surface area contributed by atoms with Crippen molar-refractivity contribution in [2.75, 3.05) is 7.11 Å². The quantitative estimate of drug-likeness (QED) is 0.795. The van der Waals surface area contributed by atoms with Gasteiger partial charge in [0.25, 0.3) is 0 Å². The van der Waals surface area contributed by atoms with Gasteiger partial charge in [0.15, 0.2) is 0 Å². The lowest BCUT2D eigenvalue weighted by Gasteiger charge is -2.18. The summed E-state index contributed by atoms with van der Waals surface area (Å²) in [6.07, 6.45) is -3.40. The van der Waals surface area contributed by atoms with Gasteiger partial charge in [-0.3, -0.25) is 0 Å². The Bertz CT molecular complexity index is 387. The highest BCUT2D eigenvalue weighted by Crippen LogP contribution is 2.36. The normalized spacial score (nSPS) is 13.3. The Morgan fingerprint density at radius 3 is 2.44 bits per heavy atom. The largest absolute Gasteiger partial charge is 0.497 e. The van der Waals surface area contributed by atoms with Gasteiger partial charge in [-0.1, -0.05) is 6.07 Å². The van der Waals surface area contributed by atoms with Gasteiger partial charge < -0.3 is 10.1 Å². The van der Waals surface area contributed by atoms with Gasteiger partial charge in [-0.2, -0.15) is 13.2 Å². The number of alkyl halides is 3. The maximum absolute atomic E-state index is 12.5. The van der Waals surface area contributed by atoms with Crippen molar-refractivity contribution >= 4 is 6.21 Å². The van der Waals surface area contributed by atoms with Gasteiger partial charge >= 0.3 is 6.18 Å². The molecule has 1 atom stereocenters. The van der Waals surface area contributed by atoms with E-state index < -0.39 is 12.1 Å². The molecule has 0 aromatic heterocycles. The minimum atomic E-state index is -4.30. The summed E-state index contributed by atoms with van der Waals surface area (Å²) >= 11 is 0. The fourth-order valence-corrected chi connectivity index (χ4v) is 1.38. The first-order valence-electron chi connectivity index (χ1n) is 4.65. The van der Waals surface area contributed by atoms with Crippen molar-refractivity contribution in [2.45, 2.75) is 19.0 Å². The lowest BCUT2D eigenvalue weighted by Crippen LogP contribution is -2.19. The van der Waals surface area contributed by atoms with Crippen molar-refractivity contribution in [1.29, 1.82) is 5.41 Å². The fraction of sp³-hybridized carbons (Fsp3) is 0.364. The molecule has 1 aromatic carbocycles. The van der Waals surface area contributed by atoms with Crippen molar-refractivity contribution in [3.63, 3.8) is 0 Å². The number of hydrogen-bond acceptors (Lipinski definition) is 2. The first-order valence-corrected chi connectivity index (χ1v) is 4.65. The molecule has 0 aliphatic heterocycles. The third kappa shape index (κ3) is 2.53. The van der Waals surface area contributed by atoms with E-state index in [1.165, 1.54) is 25.3 Å². The maximum atomic E-state index is 12.5. The van der Waals surface area contributed by atoms with Gasteiger partial charge in [0.05, 0.1) is 13.0 Å². The van der Waals surface area contributed by atoms with Crippen LogP contribution in [0.2, 0.25) is 0 Å². The molecule has 2 nitrogen and oxygen atoms in total. The third-order valence-corrected chi connectivity index (χ3v) is 2.41. The zero-order chi connectivity index (χ0) is 12.3. The smallest absolute Gasteiger partial charge is 0.395 e. The Morgan fingerprint density at radius 1 is 1.38 bits per heavy atom. The van der Waals surface area contributed by atoms with Crippen LogP contribution < -0.4 is 4.74 Å². The van der Waals surface area contributed by atoms with E-state index in [0.29, 0.717) is 5.75 Å². The number of methoxy groups -OCH3 is 1. The average Bonchev–Trinajstić information content (AvgIpc) is 2.26. The monoisotopic (exact) mass is 231 g/mol. The fourth-order valence-electron chi connectivity index (χ4n) is 1.38. The summed E-state index contributed by atoms with van der Waals surface area (Å²) in [5, 5.41) is 7.11. The molecule has 0 saturated heterocycles. The second-order valence-corrected chi connectivity index (χ2v) is 3.40. The molecule has 1 unspecified atom stereocenters. The van der Waals surface area contributed by atoms with Crippen LogP contribution in [-0.2, 0) is 0 Å². The molecule has 0 amide bonds. The highest BCUT2D eigenvalue weighted by atomic mass is 19.4. The highest BCUT2D eigenvalue weighted by molar-refractivity contribution is 5.80. The summed E-state index contributed by atoms with van der Waals surface area (Å²) < 4.78 is 42.5. The number of rotatable bonds is 3. The standard InChI is InChI=1S/C11H12F3NO/c1-7(11(12,13)14)10-4-3-9(16-2)5-8(10)6-15/h3-7,15H,1-2H3. The van der Waals surface area contributed by atoms with Gasteiger partial charge in [0.1, 0.15) is 5.75 Å². The molecule has 5 heteroatoms. The Balaban J connectivity index is 3.19. The first-order chi connectivity index (χ1) is 7.40. The molecular weight excluding hydrogens is 219 g/mol. The van der Waals surface area contributed by atoms with E-state index in [9.17, 15) is 13.2 Å². The van der Waals surface area contributed by atoms with E-state index in [0.717, 1.165) is 13.1 Å². The van der Waals surface area contributed by atoms with Crippen LogP contribution in [0.5, 0.6) is 5.75 Å². The molecule has 16 heavy (non-hydrogen) atoms. The molecule has 0 spiro atoms. The van der Waals surface area contributed by atoms with E-state index in [1.54, 1.807) is 0 Å². The van der Waals surface area contributed by atoms with Crippen molar-refractivity contribution in [3.8, 4) is 5.75 Å². The van der Waals surface area contributed by atoms with Gasteiger partial charge in [-0.25, -0.2) is 0 Å². The van der Waals surface area contributed by atoms with Crippen LogP contribution in [-0.4, -0.2) is 19.5 Å². The molecule has 88 valence electrons. The summed E-state index contributed by atoms with van der Waals surface area (Å²) in [6.45, 7) is 1.08. The number of benzene rings is 1. The van der Waals surface area contributed by atoms with Crippen LogP contribution >= 0.6 is 0 Å². The predicted molar refractivity (Wildman–Crippen MR) is 55.3 cm³/mol. The van der Waals surface area contributed by atoms with E-state index in [-0.39, 0.29) is 11.1 Å². The van der Waals surface area contributed by atoms with Gasteiger partial charge in [-0.15, -0.1) is 0 Å². The summed E-state index contributed by atoms with van der Waals surface area (Å²) in [7, 11) is 1.43. The summed E-state index contributed by atoms with van der Waals surface area (Å²) in [4.78, 5) is 0. The van der Waals surface area contributed by atoms with E-state index in [1.807, 2.05) is 0 Å². The number of ether oxygens (including phenoxy) is 1. The molecule has 0 fully saturated rings. The molecule has 0 aliphatic rings. The molecule has 0 aliphatic carbocycles. The molecular formula is C11H12F3NO. The second-order valence-electron chi connectivity index (χ2n) is 3.40. The number of nitrogens with one attached hydrogen (secondary N) is 1. The first kappa shape index (κ1) is 12.5. The molecule has 0 heterocycles. The molecule has 0 radical (unpaired) electrons. The third-order valence-electron chi connectivity index (χ3n) is 2.41. The van der Waals surface area contributed by atoms with Crippen molar-refractivity contribution in [1.82, 2.24) is 0 Å². The molecule has 0 bridgehead atoms. The van der Waals surface area contributed by atoms with Crippen molar-refractivity contribution in [3.05, 3.63) is 29.3 Å². The molecule has 1 rings (SSSR count). The average molecular weight is 231 g/mol. The summed E-state index contributed by atoms with van der Waals surface area (Å²) in [5.41, 5.74) is 0.312.